The predicted molar refractivity (Wildman–Crippen MR) is 103 cm³/mol. The van der Waals surface area contributed by atoms with Gasteiger partial charge in [0, 0.05) is 22.9 Å². The molecule has 0 N–H and O–H groups in total. The maximum Gasteiger partial charge on any atom is 0.345 e. The first-order valence-electron chi connectivity index (χ1n) is 8.06. The predicted octanol–water partition coefficient (Wildman–Crippen LogP) is 4.68. The van der Waals surface area contributed by atoms with Gasteiger partial charge in [-0.15, -0.1) is 0 Å². The Bertz CT molecular complexity index is 1060. The molecular weight excluding hydrogens is 410 g/mol. The highest BCUT2D eigenvalue weighted by molar-refractivity contribution is 9.10. The van der Waals surface area contributed by atoms with Crippen molar-refractivity contribution < 1.29 is 19.1 Å². The van der Waals surface area contributed by atoms with Crippen LogP contribution in [0.1, 0.15) is 26.3 Å². The lowest BCUT2D eigenvalue weighted by Gasteiger charge is -2.05. The second kappa shape index (κ2) is 7.17. The van der Waals surface area contributed by atoms with Crippen LogP contribution in [0.15, 0.2) is 77.2 Å². The van der Waals surface area contributed by atoms with E-state index in [1.54, 1.807) is 36.5 Å². The average Bonchev–Trinajstić information content (AvgIpc) is 2.99. The van der Waals surface area contributed by atoms with Crippen LogP contribution in [-0.4, -0.2) is 16.7 Å². The number of fused-ring (bicyclic) bond motifs is 1. The lowest BCUT2D eigenvalue weighted by molar-refractivity contribution is 0.0734. The van der Waals surface area contributed by atoms with Crippen LogP contribution in [-0.2, 0) is 0 Å². The van der Waals surface area contributed by atoms with Crippen molar-refractivity contribution in [1.29, 1.82) is 0 Å². The molecule has 0 aliphatic carbocycles. The summed E-state index contributed by atoms with van der Waals surface area (Å²) in [6.45, 7) is 0. The number of carbonyl (C=O) groups is 2. The maximum atomic E-state index is 12.5. The van der Waals surface area contributed by atoms with Crippen molar-refractivity contribution in [3.63, 3.8) is 0 Å². The molecule has 1 aliphatic rings. The molecule has 2 aromatic carbocycles. The van der Waals surface area contributed by atoms with Gasteiger partial charge in [0.25, 0.3) is 0 Å². The summed E-state index contributed by atoms with van der Waals surface area (Å²) in [5.41, 5.74) is 1.61. The molecule has 0 saturated carbocycles. The number of rotatable bonds is 3. The molecule has 0 saturated heterocycles. The zero-order valence-electron chi connectivity index (χ0n) is 13.9. The quantitative estimate of drug-likeness (QED) is 0.349. The van der Waals surface area contributed by atoms with Crippen LogP contribution in [0.4, 0.5) is 0 Å². The summed E-state index contributed by atoms with van der Waals surface area (Å²) in [7, 11) is 0. The lowest BCUT2D eigenvalue weighted by atomic mass is 10.1. The number of Topliss-reactive ketones (excluding diaryl/α,β-unsaturated/α-hetero) is 1. The van der Waals surface area contributed by atoms with Gasteiger partial charge in [-0.3, -0.25) is 9.78 Å². The number of pyridine rings is 1. The maximum absolute atomic E-state index is 12.5. The van der Waals surface area contributed by atoms with Crippen LogP contribution in [0.2, 0.25) is 0 Å². The van der Waals surface area contributed by atoms with Gasteiger partial charge in [-0.05, 0) is 48.0 Å². The van der Waals surface area contributed by atoms with Gasteiger partial charge < -0.3 is 9.47 Å². The van der Waals surface area contributed by atoms with E-state index in [4.69, 9.17) is 9.47 Å². The SMILES string of the molecule is O=C(Oc1ccc2c(c1)O/C(=C\c1ccc(Br)cc1)C2=O)c1cccnc1. The molecule has 27 heavy (non-hydrogen) atoms. The monoisotopic (exact) mass is 421 g/mol. The molecule has 5 nitrogen and oxygen atoms in total. The highest BCUT2D eigenvalue weighted by Gasteiger charge is 2.28. The zero-order chi connectivity index (χ0) is 18.8. The molecule has 0 fully saturated rings. The summed E-state index contributed by atoms with van der Waals surface area (Å²) in [6, 6.07) is 15.5. The Morgan fingerprint density at radius 2 is 1.93 bits per heavy atom. The number of esters is 1. The first-order chi connectivity index (χ1) is 13.1. The number of carbonyl (C=O) groups excluding carboxylic acids is 2. The molecule has 6 heteroatoms. The molecule has 0 bridgehead atoms. The van der Waals surface area contributed by atoms with Gasteiger partial charge >= 0.3 is 5.97 Å². The Morgan fingerprint density at radius 1 is 1.11 bits per heavy atom. The Morgan fingerprint density at radius 3 is 2.67 bits per heavy atom. The van der Waals surface area contributed by atoms with Gasteiger partial charge in [-0.1, -0.05) is 28.1 Å². The van der Waals surface area contributed by atoms with E-state index in [0.29, 0.717) is 22.6 Å². The van der Waals surface area contributed by atoms with Crippen molar-refractivity contribution in [2.75, 3.05) is 0 Å². The molecule has 0 amide bonds. The number of hydrogen-bond donors (Lipinski definition) is 0. The second-order valence-electron chi connectivity index (χ2n) is 5.78. The first-order valence-corrected chi connectivity index (χ1v) is 8.85. The number of allylic oxidation sites excluding steroid dienone is 1. The van der Waals surface area contributed by atoms with E-state index in [1.807, 2.05) is 24.3 Å². The van der Waals surface area contributed by atoms with Crippen molar-refractivity contribution in [2.45, 2.75) is 0 Å². The molecule has 1 aromatic heterocycles. The third-order valence-corrected chi connectivity index (χ3v) is 4.45. The summed E-state index contributed by atoms with van der Waals surface area (Å²) in [5, 5.41) is 0. The number of ether oxygens (including phenoxy) is 2. The van der Waals surface area contributed by atoms with E-state index < -0.39 is 5.97 Å². The molecule has 4 rings (SSSR count). The summed E-state index contributed by atoms with van der Waals surface area (Å²) < 4.78 is 12.0. The Hall–Kier alpha value is -3.25. The third kappa shape index (κ3) is 3.66. The van der Waals surface area contributed by atoms with Gasteiger partial charge in [-0.25, -0.2) is 4.79 Å². The normalized spacial score (nSPS) is 14.0. The van der Waals surface area contributed by atoms with Crippen LogP contribution < -0.4 is 9.47 Å². The minimum Gasteiger partial charge on any atom is -0.452 e. The van der Waals surface area contributed by atoms with Gasteiger partial charge in [0.1, 0.15) is 11.5 Å². The van der Waals surface area contributed by atoms with Gasteiger partial charge in [0.15, 0.2) is 5.76 Å². The number of nitrogens with zero attached hydrogens (tertiary/aromatic N) is 1. The number of benzene rings is 2. The largest absolute Gasteiger partial charge is 0.452 e. The molecular formula is C21H12BrNO4. The van der Waals surface area contributed by atoms with Crippen LogP contribution in [0.3, 0.4) is 0 Å². The fraction of sp³-hybridized carbons (Fsp3) is 0. The van der Waals surface area contributed by atoms with E-state index in [0.717, 1.165) is 10.0 Å². The molecule has 0 atom stereocenters. The standard InChI is InChI=1S/C21H12BrNO4/c22-15-5-3-13(4-6-15)10-19-20(24)17-8-7-16(11-18(17)27-19)26-21(25)14-2-1-9-23-12-14/h1-12H/b19-10-. The number of halogens is 1. The van der Waals surface area contributed by atoms with Crippen LogP contribution in [0.25, 0.3) is 6.08 Å². The summed E-state index contributed by atoms with van der Waals surface area (Å²) in [4.78, 5) is 28.5. The first kappa shape index (κ1) is 17.2. The van der Waals surface area contributed by atoms with Crippen molar-refractivity contribution in [2.24, 2.45) is 0 Å². The molecule has 3 aromatic rings. The van der Waals surface area contributed by atoms with Gasteiger partial charge in [-0.2, -0.15) is 0 Å². The highest BCUT2D eigenvalue weighted by atomic mass is 79.9. The van der Waals surface area contributed by atoms with Gasteiger partial charge in [0.2, 0.25) is 5.78 Å². The summed E-state index contributed by atoms with van der Waals surface area (Å²) >= 11 is 3.37. The van der Waals surface area contributed by atoms with Crippen molar-refractivity contribution in [1.82, 2.24) is 4.98 Å². The number of aromatic nitrogens is 1. The Balaban J connectivity index is 1.55. The van der Waals surface area contributed by atoms with Crippen LogP contribution in [0.5, 0.6) is 11.5 Å². The van der Waals surface area contributed by atoms with Crippen molar-refractivity contribution in [3.8, 4) is 11.5 Å². The van der Waals surface area contributed by atoms with E-state index >= 15 is 0 Å². The highest BCUT2D eigenvalue weighted by Crippen LogP contribution is 2.35. The van der Waals surface area contributed by atoms with Gasteiger partial charge in [0.05, 0.1) is 11.1 Å². The molecule has 132 valence electrons. The molecule has 0 spiro atoms. The molecule has 0 radical (unpaired) electrons. The van der Waals surface area contributed by atoms with E-state index in [-0.39, 0.29) is 11.5 Å². The lowest BCUT2D eigenvalue weighted by Crippen LogP contribution is -2.08. The minimum atomic E-state index is -0.530. The van der Waals surface area contributed by atoms with Crippen molar-refractivity contribution in [3.05, 3.63) is 93.9 Å². The molecule has 2 heterocycles. The van der Waals surface area contributed by atoms with Crippen LogP contribution >= 0.6 is 15.9 Å². The number of hydrogen-bond acceptors (Lipinski definition) is 5. The minimum absolute atomic E-state index is 0.210. The third-order valence-electron chi connectivity index (χ3n) is 3.92. The van der Waals surface area contributed by atoms with E-state index in [1.165, 1.54) is 12.3 Å². The average molecular weight is 422 g/mol. The van der Waals surface area contributed by atoms with Crippen molar-refractivity contribution >= 4 is 33.8 Å². The van der Waals surface area contributed by atoms with Crippen LogP contribution in [0, 0.1) is 0 Å². The zero-order valence-corrected chi connectivity index (χ0v) is 15.5. The second-order valence-corrected chi connectivity index (χ2v) is 6.70. The summed E-state index contributed by atoms with van der Waals surface area (Å²) in [6.07, 6.45) is 4.68. The van der Waals surface area contributed by atoms with E-state index in [9.17, 15) is 9.59 Å². The fourth-order valence-electron chi connectivity index (χ4n) is 2.59. The molecule has 0 unspecified atom stereocenters. The Kier molecular flexibility index (Phi) is 4.56. The topological polar surface area (TPSA) is 65.5 Å². The summed E-state index contributed by atoms with van der Waals surface area (Å²) in [5.74, 6) is 0.138. The number of ketones is 1. The van der Waals surface area contributed by atoms with E-state index in [2.05, 4.69) is 20.9 Å². The smallest absolute Gasteiger partial charge is 0.345 e. The molecule has 1 aliphatic heterocycles. The Labute approximate surface area is 163 Å². The fourth-order valence-corrected chi connectivity index (χ4v) is 2.85.